The van der Waals surface area contributed by atoms with Crippen LogP contribution in [0.1, 0.15) is 200 Å². The molecule has 0 aliphatic carbocycles. The number of carbonyl (C=O) groups is 3. The number of hydrogen-bond donors (Lipinski definition) is 3. The summed E-state index contributed by atoms with van der Waals surface area (Å²) in [6.07, 6.45) is 46.6. The van der Waals surface area contributed by atoms with Crippen LogP contribution in [0, 0.1) is 0 Å². The van der Waals surface area contributed by atoms with E-state index in [9.17, 15) is 14.4 Å². The Hall–Kier alpha value is -1.47. The van der Waals surface area contributed by atoms with Crippen molar-refractivity contribution in [3.63, 3.8) is 0 Å². The molecule has 0 radical (unpaired) electrons. The molecule has 2 atom stereocenters. The van der Waals surface area contributed by atoms with Crippen LogP contribution in [0.15, 0.2) is 24.3 Å². The minimum atomic E-state index is -0.972. The van der Waals surface area contributed by atoms with Crippen molar-refractivity contribution in [3.05, 3.63) is 24.3 Å². The lowest BCUT2D eigenvalue weighted by Gasteiger charge is -2.21. The van der Waals surface area contributed by atoms with Crippen molar-refractivity contribution in [1.82, 2.24) is 10.6 Å². The van der Waals surface area contributed by atoms with Gasteiger partial charge in [-0.2, -0.15) is 0 Å². The van der Waals surface area contributed by atoms with Gasteiger partial charge in [0.1, 0.15) is 6.04 Å². The lowest BCUT2D eigenvalue weighted by atomic mass is 10.1. The maximum atomic E-state index is 13.0. The van der Waals surface area contributed by atoms with Gasteiger partial charge in [-0.3, -0.25) is 20.5 Å². The summed E-state index contributed by atoms with van der Waals surface area (Å²) in [7, 11) is -0.223. The molecule has 0 aromatic carbocycles. The lowest BCUT2D eigenvalue weighted by Crippen LogP contribution is -2.44. The number of unbranched alkanes of at least 4 members (excludes halogenated alkanes) is 22. The largest absolute Gasteiger partial charge is 0.443 e. The van der Waals surface area contributed by atoms with Crippen molar-refractivity contribution in [1.29, 1.82) is 0 Å². The van der Waals surface area contributed by atoms with Gasteiger partial charge in [-0.15, -0.1) is 0 Å². The van der Waals surface area contributed by atoms with Gasteiger partial charge in [0.15, 0.2) is 5.56 Å². The summed E-state index contributed by atoms with van der Waals surface area (Å²) in [5, 5.41) is 5.69. The zero-order chi connectivity index (χ0) is 38.3. The topological polar surface area (TPSA) is 84.5 Å². The molecule has 0 aromatic heterocycles. The molecule has 0 saturated carbocycles. The monoisotopic (exact) mass is 771 g/mol. The first-order valence-corrected chi connectivity index (χ1v) is 24.5. The van der Waals surface area contributed by atoms with E-state index in [4.69, 9.17) is 16.3 Å². The van der Waals surface area contributed by atoms with Gasteiger partial charge in [0.05, 0.1) is 6.54 Å². The third-order valence-electron chi connectivity index (χ3n) is 9.52. The van der Waals surface area contributed by atoms with E-state index in [1.54, 1.807) is 0 Å². The first kappa shape index (κ1) is 50.5. The number of hydrogen-bond acceptors (Lipinski definition) is 4. The Bertz CT molecular complexity index is 897. The second-order valence-electron chi connectivity index (χ2n) is 15.0. The normalized spacial score (nSPS) is 13.1. The molecule has 0 bridgehead atoms. The minimum Gasteiger partial charge on any atom is -0.443 e. The summed E-state index contributed by atoms with van der Waals surface area (Å²) in [5.41, 5.74) is -0.972. The Balaban J connectivity index is 4.05. The highest BCUT2D eigenvalue weighted by Crippen LogP contribution is 2.17. The van der Waals surface area contributed by atoms with Gasteiger partial charge in [-0.1, -0.05) is 152 Å². The lowest BCUT2D eigenvalue weighted by molar-refractivity contribution is -0.149. The fraction of sp³-hybridized carbons (Fsp3) is 0.841. The maximum Gasteiger partial charge on any atom is 0.330 e. The molecular formula is C44H83ClN2O4S. The van der Waals surface area contributed by atoms with Crippen LogP contribution in [0.3, 0.4) is 0 Å². The number of carbonyl (C=O) groups excluding carboxylic acids is 3. The highest BCUT2D eigenvalue weighted by Gasteiger charge is 2.24. The summed E-state index contributed by atoms with van der Waals surface area (Å²) < 4.78 is 5.45. The molecule has 8 heteroatoms. The third kappa shape index (κ3) is 36.9. The summed E-state index contributed by atoms with van der Waals surface area (Å²) in [6.45, 7) is 4.57. The minimum absolute atomic E-state index is 0.0566. The zero-order valence-corrected chi connectivity index (χ0v) is 36.0. The predicted molar refractivity (Wildman–Crippen MR) is 230 cm³/mol. The molecule has 0 aliphatic heterocycles. The second-order valence-corrected chi connectivity index (χ2v) is 18.1. The molecule has 2 amide bonds. The SMILES string of the molecule is CCCCCCCC/C=C\CCCCCCCC(=O)NCC(Cl)OC(=O)[C@@H](CC[SH](C)C)NC(=O)CCCCCCC/C=C\CCCCCCCC. The summed E-state index contributed by atoms with van der Waals surface area (Å²) in [6, 6.07) is -0.715. The predicted octanol–water partition coefficient (Wildman–Crippen LogP) is 12.4. The van der Waals surface area contributed by atoms with Crippen LogP contribution >= 0.6 is 22.5 Å². The average molecular weight is 772 g/mol. The van der Waals surface area contributed by atoms with Gasteiger partial charge >= 0.3 is 5.97 Å². The Morgan fingerprint density at radius 1 is 0.577 bits per heavy atom. The van der Waals surface area contributed by atoms with Crippen LogP contribution in [0.5, 0.6) is 0 Å². The molecule has 0 spiro atoms. The zero-order valence-electron chi connectivity index (χ0n) is 34.3. The van der Waals surface area contributed by atoms with E-state index in [2.05, 4.69) is 61.3 Å². The number of allylic oxidation sites excluding steroid dienone is 4. The highest BCUT2D eigenvalue weighted by atomic mass is 35.5. The van der Waals surface area contributed by atoms with Crippen LogP contribution in [-0.4, -0.2) is 54.2 Å². The van der Waals surface area contributed by atoms with Crippen molar-refractivity contribution >= 4 is 40.3 Å². The van der Waals surface area contributed by atoms with E-state index in [0.717, 1.165) is 57.1 Å². The number of alkyl halides is 1. The van der Waals surface area contributed by atoms with Crippen molar-refractivity contribution in [2.45, 2.75) is 212 Å². The average Bonchev–Trinajstić information content (AvgIpc) is 3.12. The van der Waals surface area contributed by atoms with E-state index in [1.165, 1.54) is 116 Å². The number of nitrogens with one attached hydrogen (secondary N) is 2. The Morgan fingerprint density at radius 3 is 1.38 bits per heavy atom. The Kier molecular flexibility index (Phi) is 38.1. The molecule has 0 saturated heterocycles. The smallest absolute Gasteiger partial charge is 0.330 e. The molecular weight excluding hydrogens is 688 g/mol. The number of amides is 2. The van der Waals surface area contributed by atoms with E-state index >= 15 is 0 Å². The third-order valence-corrected chi connectivity index (χ3v) is 10.9. The van der Waals surface area contributed by atoms with Gasteiger partial charge in [0.2, 0.25) is 11.8 Å². The Morgan fingerprint density at radius 2 is 0.962 bits per heavy atom. The molecule has 0 fully saturated rings. The summed E-state index contributed by atoms with van der Waals surface area (Å²) in [4.78, 5) is 38.0. The first-order chi connectivity index (χ1) is 25.3. The number of esters is 1. The molecule has 0 aliphatic rings. The number of halogens is 1. The van der Waals surface area contributed by atoms with Crippen molar-refractivity contribution in [3.8, 4) is 0 Å². The summed E-state index contributed by atoms with van der Waals surface area (Å²) >= 11 is 6.29. The van der Waals surface area contributed by atoms with Gasteiger partial charge in [0, 0.05) is 12.8 Å². The number of rotatable bonds is 38. The fourth-order valence-corrected chi connectivity index (χ4v) is 7.09. The van der Waals surface area contributed by atoms with Crippen molar-refractivity contribution in [2.75, 3.05) is 24.8 Å². The van der Waals surface area contributed by atoms with Gasteiger partial charge in [0.25, 0.3) is 0 Å². The summed E-state index contributed by atoms with van der Waals surface area (Å²) in [5.74, 6) is 0.131. The molecule has 0 rings (SSSR count). The molecule has 52 heavy (non-hydrogen) atoms. The standard InChI is InChI=1S/C44H83ClN2O4S/c1-5-7-9-11-13-15-17-19-21-23-25-27-29-31-33-35-42(48)46-39-41(45)51-44(50)40(37-38-52(3)4)47-43(49)36-34-32-30-28-26-24-22-20-18-16-14-12-10-8-6-2/h19-22,40-41,52H,5-18,23-39H2,1-4H3,(H,46,48)(H,47,49)/b21-19-,22-20-/t40-,41?/m1/s1. The molecule has 0 heterocycles. The fourth-order valence-electron chi connectivity index (χ4n) is 6.15. The second kappa shape index (κ2) is 39.2. The van der Waals surface area contributed by atoms with Crippen LogP contribution in [0.25, 0.3) is 0 Å². The van der Waals surface area contributed by atoms with Crippen molar-refractivity contribution in [2.24, 2.45) is 0 Å². The van der Waals surface area contributed by atoms with E-state index in [1.807, 2.05) is 0 Å². The van der Waals surface area contributed by atoms with Crippen LogP contribution in [0.2, 0.25) is 0 Å². The molecule has 0 aromatic rings. The molecule has 2 N–H and O–H groups in total. The van der Waals surface area contributed by atoms with Gasteiger partial charge < -0.3 is 15.4 Å². The van der Waals surface area contributed by atoms with Crippen LogP contribution < -0.4 is 10.6 Å². The Labute approximate surface area is 329 Å². The highest BCUT2D eigenvalue weighted by molar-refractivity contribution is 8.15. The van der Waals surface area contributed by atoms with Gasteiger partial charge in [-0.05, 0) is 88.9 Å². The van der Waals surface area contributed by atoms with Gasteiger partial charge in [-0.25, -0.2) is 4.79 Å². The van der Waals surface area contributed by atoms with E-state index < -0.39 is 17.6 Å². The molecule has 1 unspecified atom stereocenters. The van der Waals surface area contributed by atoms with Crippen molar-refractivity contribution < 1.29 is 19.1 Å². The van der Waals surface area contributed by atoms with E-state index in [-0.39, 0.29) is 29.3 Å². The van der Waals surface area contributed by atoms with Crippen LogP contribution in [0.4, 0.5) is 0 Å². The number of ether oxygens (including phenoxy) is 1. The van der Waals surface area contributed by atoms with E-state index in [0.29, 0.717) is 19.3 Å². The quantitative estimate of drug-likeness (QED) is 0.0192. The molecule has 6 nitrogen and oxygen atoms in total. The first-order valence-electron chi connectivity index (χ1n) is 21.6. The molecule has 306 valence electrons. The number of thiol groups is 1. The van der Waals surface area contributed by atoms with Crippen LogP contribution in [-0.2, 0) is 19.1 Å². The maximum absolute atomic E-state index is 13.0.